The predicted octanol–water partition coefficient (Wildman–Crippen LogP) is 5.07. The zero-order chi connectivity index (χ0) is 15.0. The second kappa shape index (κ2) is 5.79. The summed E-state index contributed by atoms with van der Waals surface area (Å²) in [7, 11) is 0. The van der Waals surface area contributed by atoms with Gasteiger partial charge in [0.25, 0.3) is 0 Å². The molecular weight excluding hydrogens is 372 g/mol. The van der Waals surface area contributed by atoms with Crippen molar-refractivity contribution < 1.29 is 9.59 Å². The summed E-state index contributed by atoms with van der Waals surface area (Å²) in [5, 5.41) is -0.0144. The number of carbonyl (C=O) groups is 2. The highest BCUT2D eigenvalue weighted by molar-refractivity contribution is 9.10. The molecule has 104 valence electrons. The molecule has 0 aromatic heterocycles. The van der Waals surface area contributed by atoms with Crippen LogP contribution in [-0.2, 0) is 0 Å². The van der Waals surface area contributed by atoms with E-state index in [4.69, 9.17) is 11.6 Å². The summed E-state index contributed by atoms with van der Waals surface area (Å²) in [6.45, 7) is 0. The molecule has 1 aliphatic carbocycles. The van der Waals surface area contributed by atoms with Gasteiger partial charge in [0, 0.05) is 20.5 Å². The Morgan fingerprint density at radius 2 is 1.43 bits per heavy atom. The van der Waals surface area contributed by atoms with Gasteiger partial charge in [-0.15, -0.1) is 0 Å². The van der Waals surface area contributed by atoms with Gasteiger partial charge in [0.2, 0.25) is 11.6 Å². The van der Waals surface area contributed by atoms with Gasteiger partial charge in [-0.1, -0.05) is 59.8 Å². The Bertz CT molecular complexity index is 798. The standard InChI is InChI=1S/C16H8BrClO2S/c17-11-7-3-4-8-12(11)21-16-13(18)14(19)9-5-1-2-6-10(9)15(16)20/h1-8H. The average molecular weight is 380 g/mol. The molecule has 0 spiro atoms. The lowest BCUT2D eigenvalue weighted by Gasteiger charge is -2.17. The van der Waals surface area contributed by atoms with Gasteiger partial charge in [-0.05, 0) is 28.1 Å². The number of thioether (sulfide) groups is 1. The van der Waals surface area contributed by atoms with Crippen LogP contribution in [0.1, 0.15) is 20.7 Å². The summed E-state index contributed by atoms with van der Waals surface area (Å²) in [5.41, 5.74) is 0.769. The van der Waals surface area contributed by atoms with Crippen molar-refractivity contribution in [2.75, 3.05) is 0 Å². The average Bonchev–Trinajstić information content (AvgIpc) is 2.51. The first-order chi connectivity index (χ1) is 10.1. The minimum absolute atomic E-state index is 0.0144. The lowest BCUT2D eigenvalue weighted by Crippen LogP contribution is -2.18. The highest BCUT2D eigenvalue weighted by Crippen LogP contribution is 2.40. The normalized spacial score (nSPS) is 14.4. The van der Waals surface area contributed by atoms with Crippen LogP contribution in [0.25, 0.3) is 0 Å². The Labute approximate surface area is 139 Å². The summed E-state index contributed by atoms with van der Waals surface area (Å²) in [6.07, 6.45) is 0. The Balaban J connectivity index is 2.07. The van der Waals surface area contributed by atoms with Gasteiger partial charge in [-0.25, -0.2) is 0 Å². The number of fused-ring (bicyclic) bond motifs is 1. The Hall–Kier alpha value is -1.36. The maximum absolute atomic E-state index is 12.6. The van der Waals surface area contributed by atoms with Crippen molar-refractivity contribution in [3.63, 3.8) is 0 Å². The van der Waals surface area contributed by atoms with Gasteiger partial charge < -0.3 is 0 Å². The molecule has 0 saturated heterocycles. The summed E-state index contributed by atoms with van der Waals surface area (Å²) in [4.78, 5) is 25.9. The highest BCUT2D eigenvalue weighted by Gasteiger charge is 2.31. The molecular formula is C16H8BrClO2S. The molecule has 21 heavy (non-hydrogen) atoms. The molecule has 2 aromatic carbocycles. The number of halogens is 2. The van der Waals surface area contributed by atoms with Gasteiger partial charge in [-0.2, -0.15) is 0 Å². The second-order valence-electron chi connectivity index (χ2n) is 4.38. The second-order valence-corrected chi connectivity index (χ2v) is 6.66. The van der Waals surface area contributed by atoms with Crippen LogP contribution in [0.15, 0.2) is 67.8 Å². The molecule has 2 nitrogen and oxygen atoms in total. The molecule has 0 fully saturated rings. The van der Waals surface area contributed by atoms with E-state index in [1.807, 2.05) is 24.3 Å². The van der Waals surface area contributed by atoms with Crippen LogP contribution in [-0.4, -0.2) is 11.6 Å². The molecule has 0 aliphatic heterocycles. The first kappa shape index (κ1) is 14.6. The van der Waals surface area contributed by atoms with Gasteiger partial charge in [0.05, 0.1) is 4.91 Å². The predicted molar refractivity (Wildman–Crippen MR) is 88.0 cm³/mol. The molecule has 1 aliphatic rings. The van der Waals surface area contributed by atoms with E-state index >= 15 is 0 Å². The van der Waals surface area contributed by atoms with Gasteiger partial charge in [0.15, 0.2) is 0 Å². The number of hydrogen-bond donors (Lipinski definition) is 0. The quantitative estimate of drug-likeness (QED) is 0.730. The maximum Gasteiger partial charge on any atom is 0.206 e. The molecule has 0 atom stereocenters. The Morgan fingerprint density at radius 3 is 2.10 bits per heavy atom. The van der Waals surface area contributed by atoms with Crippen molar-refractivity contribution in [2.24, 2.45) is 0 Å². The van der Waals surface area contributed by atoms with Gasteiger partial charge in [-0.3, -0.25) is 9.59 Å². The molecule has 0 bridgehead atoms. The van der Waals surface area contributed by atoms with Crippen molar-refractivity contribution in [3.05, 3.63) is 74.1 Å². The third-order valence-corrected chi connectivity index (χ3v) is 5.67. The molecule has 2 aromatic rings. The number of allylic oxidation sites excluding steroid dienone is 2. The van der Waals surface area contributed by atoms with E-state index in [1.54, 1.807) is 24.3 Å². The molecule has 5 heteroatoms. The molecule has 0 heterocycles. The van der Waals surface area contributed by atoms with E-state index in [-0.39, 0.29) is 21.5 Å². The first-order valence-electron chi connectivity index (χ1n) is 6.10. The Morgan fingerprint density at radius 1 is 0.857 bits per heavy atom. The van der Waals surface area contributed by atoms with E-state index in [1.165, 1.54) is 11.8 Å². The lowest BCUT2D eigenvalue weighted by molar-refractivity contribution is 0.0987. The SMILES string of the molecule is O=C1C(Cl)=C(Sc2ccccc2Br)C(=O)c2ccccc21. The van der Waals surface area contributed by atoms with E-state index in [2.05, 4.69) is 15.9 Å². The van der Waals surface area contributed by atoms with Crippen molar-refractivity contribution in [1.29, 1.82) is 0 Å². The highest BCUT2D eigenvalue weighted by atomic mass is 79.9. The van der Waals surface area contributed by atoms with Crippen molar-refractivity contribution in [1.82, 2.24) is 0 Å². The number of hydrogen-bond acceptors (Lipinski definition) is 3. The summed E-state index contributed by atoms with van der Waals surface area (Å²) in [5.74, 6) is -0.516. The fraction of sp³-hybridized carbons (Fsp3) is 0. The van der Waals surface area contributed by atoms with Gasteiger partial charge >= 0.3 is 0 Å². The van der Waals surface area contributed by atoms with Gasteiger partial charge in [0.1, 0.15) is 5.03 Å². The Kier molecular flexibility index (Phi) is 4.02. The van der Waals surface area contributed by atoms with Crippen LogP contribution >= 0.6 is 39.3 Å². The molecule has 3 rings (SSSR count). The van der Waals surface area contributed by atoms with Crippen LogP contribution in [0.3, 0.4) is 0 Å². The fourth-order valence-electron chi connectivity index (χ4n) is 2.05. The van der Waals surface area contributed by atoms with Crippen molar-refractivity contribution >= 4 is 50.9 Å². The monoisotopic (exact) mass is 378 g/mol. The largest absolute Gasteiger partial charge is 0.288 e. The molecule has 0 N–H and O–H groups in total. The smallest absolute Gasteiger partial charge is 0.206 e. The van der Waals surface area contributed by atoms with Crippen molar-refractivity contribution in [2.45, 2.75) is 4.90 Å². The lowest BCUT2D eigenvalue weighted by atomic mass is 9.95. The van der Waals surface area contributed by atoms with Crippen LogP contribution in [0.4, 0.5) is 0 Å². The van der Waals surface area contributed by atoms with Crippen molar-refractivity contribution in [3.8, 4) is 0 Å². The number of Topliss-reactive ketones (excluding diaryl/α,β-unsaturated/α-hetero) is 2. The summed E-state index contributed by atoms with van der Waals surface area (Å²) < 4.78 is 0.853. The van der Waals surface area contributed by atoms with Crippen LogP contribution in [0.5, 0.6) is 0 Å². The van der Waals surface area contributed by atoms with E-state index in [9.17, 15) is 9.59 Å². The topological polar surface area (TPSA) is 34.1 Å². The summed E-state index contributed by atoms with van der Waals surface area (Å²) in [6, 6.07) is 14.2. The molecule has 0 unspecified atom stereocenters. The number of rotatable bonds is 2. The maximum atomic E-state index is 12.6. The zero-order valence-corrected chi connectivity index (χ0v) is 13.8. The first-order valence-corrected chi connectivity index (χ1v) is 8.09. The third kappa shape index (κ3) is 2.59. The van der Waals surface area contributed by atoms with E-state index in [0.29, 0.717) is 11.1 Å². The zero-order valence-electron chi connectivity index (χ0n) is 10.6. The summed E-state index contributed by atoms with van der Waals surface area (Å²) >= 11 is 10.8. The minimum Gasteiger partial charge on any atom is -0.288 e. The molecule has 0 amide bonds. The number of benzene rings is 2. The molecule has 0 radical (unpaired) electrons. The van der Waals surface area contributed by atoms with Crippen LogP contribution in [0.2, 0.25) is 0 Å². The number of carbonyl (C=O) groups excluding carboxylic acids is 2. The van der Waals surface area contributed by atoms with E-state index in [0.717, 1.165) is 9.37 Å². The van der Waals surface area contributed by atoms with Crippen LogP contribution in [0, 0.1) is 0 Å². The van der Waals surface area contributed by atoms with E-state index < -0.39 is 0 Å². The minimum atomic E-state index is -0.304. The fourth-order valence-corrected chi connectivity index (χ4v) is 3.80. The molecule has 0 saturated carbocycles. The third-order valence-electron chi connectivity index (χ3n) is 3.07. The number of ketones is 2. The van der Waals surface area contributed by atoms with Crippen LogP contribution < -0.4 is 0 Å².